The normalized spacial score (nSPS) is 16.4. The van der Waals surface area contributed by atoms with Crippen LogP contribution in [0.3, 0.4) is 0 Å². The van der Waals surface area contributed by atoms with Gasteiger partial charge < -0.3 is 21.3 Å². The number of rotatable bonds is 2. The van der Waals surface area contributed by atoms with Gasteiger partial charge in [0.25, 0.3) is 0 Å². The number of hydrogen-bond donors (Lipinski definition) is 2. The van der Waals surface area contributed by atoms with Crippen molar-refractivity contribution in [1.29, 1.82) is 0 Å². The molecule has 0 spiro atoms. The summed E-state index contributed by atoms with van der Waals surface area (Å²) in [4.78, 5) is 26.7. The smallest absolute Gasteiger partial charge is 0.248 e. The van der Waals surface area contributed by atoms with Crippen LogP contribution in [-0.4, -0.2) is 43.4 Å². The van der Waals surface area contributed by atoms with E-state index in [0.29, 0.717) is 16.9 Å². The number of primary amides is 1. The molecule has 0 bridgehead atoms. The van der Waals surface area contributed by atoms with Gasteiger partial charge in [-0.2, -0.15) is 0 Å². The number of nitrogens with two attached hydrogens (primary N) is 2. The Balaban J connectivity index is 2.32. The maximum atomic E-state index is 11.9. The van der Waals surface area contributed by atoms with Gasteiger partial charge in [0.2, 0.25) is 11.8 Å². The van der Waals surface area contributed by atoms with Crippen molar-refractivity contribution >= 4 is 23.2 Å². The van der Waals surface area contributed by atoms with Crippen LogP contribution in [0.2, 0.25) is 0 Å². The minimum absolute atomic E-state index is 0.0429. The molecule has 0 unspecified atom stereocenters. The van der Waals surface area contributed by atoms with Crippen LogP contribution in [0.4, 0.5) is 11.4 Å². The zero-order valence-corrected chi connectivity index (χ0v) is 10.9. The molecule has 19 heavy (non-hydrogen) atoms. The fraction of sp³-hybridized carbons (Fsp3) is 0.385. The molecule has 0 aliphatic carbocycles. The molecule has 4 N–H and O–H groups in total. The summed E-state index contributed by atoms with van der Waals surface area (Å²) >= 11 is 0. The SMILES string of the molecule is CN1CCCN(c2cc(C(N)=O)ccc2N)CC1=O. The summed E-state index contributed by atoms with van der Waals surface area (Å²) in [5.74, 6) is -0.458. The van der Waals surface area contributed by atoms with Crippen LogP contribution in [0.15, 0.2) is 18.2 Å². The summed E-state index contributed by atoms with van der Waals surface area (Å²) < 4.78 is 0. The van der Waals surface area contributed by atoms with Crippen LogP contribution in [0.5, 0.6) is 0 Å². The van der Waals surface area contributed by atoms with E-state index in [1.165, 1.54) is 0 Å². The first-order valence-electron chi connectivity index (χ1n) is 6.17. The van der Waals surface area contributed by atoms with Crippen LogP contribution in [0.1, 0.15) is 16.8 Å². The maximum absolute atomic E-state index is 11.9. The molecule has 6 nitrogen and oxygen atoms in total. The number of anilines is 2. The van der Waals surface area contributed by atoms with Crippen LogP contribution < -0.4 is 16.4 Å². The molecule has 1 aromatic carbocycles. The van der Waals surface area contributed by atoms with Crippen molar-refractivity contribution in [3.05, 3.63) is 23.8 Å². The molecule has 1 aromatic rings. The lowest BCUT2D eigenvalue weighted by molar-refractivity contribution is -0.127. The van der Waals surface area contributed by atoms with E-state index in [-0.39, 0.29) is 12.5 Å². The summed E-state index contributed by atoms with van der Waals surface area (Å²) in [6.07, 6.45) is 0.864. The highest BCUT2D eigenvalue weighted by atomic mass is 16.2. The van der Waals surface area contributed by atoms with E-state index in [1.807, 2.05) is 4.90 Å². The van der Waals surface area contributed by atoms with Gasteiger partial charge in [-0.25, -0.2) is 0 Å². The monoisotopic (exact) mass is 262 g/mol. The lowest BCUT2D eigenvalue weighted by Gasteiger charge is -2.23. The molecule has 1 aliphatic heterocycles. The van der Waals surface area contributed by atoms with Crippen molar-refractivity contribution in [2.75, 3.05) is 37.3 Å². The Morgan fingerprint density at radius 3 is 2.74 bits per heavy atom. The predicted octanol–water partition coefficient (Wildman–Crippen LogP) is 0.0362. The van der Waals surface area contributed by atoms with Gasteiger partial charge in [0.15, 0.2) is 0 Å². The molecule has 2 amide bonds. The molecule has 0 aromatic heterocycles. The summed E-state index contributed by atoms with van der Waals surface area (Å²) in [5, 5.41) is 0. The molecular weight excluding hydrogens is 244 g/mol. The van der Waals surface area contributed by atoms with Gasteiger partial charge in [0.05, 0.1) is 17.9 Å². The number of benzene rings is 1. The van der Waals surface area contributed by atoms with Crippen molar-refractivity contribution in [2.45, 2.75) is 6.42 Å². The Morgan fingerprint density at radius 1 is 1.32 bits per heavy atom. The third kappa shape index (κ3) is 2.78. The Morgan fingerprint density at radius 2 is 2.05 bits per heavy atom. The first-order chi connectivity index (χ1) is 8.99. The third-order valence-corrected chi connectivity index (χ3v) is 3.33. The van der Waals surface area contributed by atoms with Gasteiger partial charge in [-0.1, -0.05) is 0 Å². The zero-order valence-electron chi connectivity index (χ0n) is 10.9. The Kier molecular flexibility index (Phi) is 3.59. The van der Waals surface area contributed by atoms with Crippen molar-refractivity contribution in [3.8, 4) is 0 Å². The van der Waals surface area contributed by atoms with E-state index in [9.17, 15) is 9.59 Å². The van der Waals surface area contributed by atoms with E-state index in [0.717, 1.165) is 19.5 Å². The third-order valence-electron chi connectivity index (χ3n) is 3.33. The number of nitrogen functional groups attached to an aromatic ring is 1. The number of carbonyl (C=O) groups excluding carboxylic acids is 2. The highest BCUT2D eigenvalue weighted by molar-refractivity contribution is 5.95. The van der Waals surface area contributed by atoms with Gasteiger partial charge in [-0.05, 0) is 24.6 Å². The Hall–Kier alpha value is -2.24. The zero-order chi connectivity index (χ0) is 14.0. The molecule has 2 rings (SSSR count). The average molecular weight is 262 g/mol. The molecule has 0 atom stereocenters. The van der Waals surface area contributed by atoms with Crippen LogP contribution in [0.25, 0.3) is 0 Å². The number of likely N-dealkylation sites (N-methyl/N-ethyl adjacent to an activating group) is 1. The van der Waals surface area contributed by atoms with E-state index < -0.39 is 5.91 Å². The number of nitrogens with zero attached hydrogens (tertiary/aromatic N) is 2. The minimum atomic E-state index is -0.500. The predicted molar refractivity (Wildman–Crippen MR) is 73.8 cm³/mol. The van der Waals surface area contributed by atoms with Crippen LogP contribution >= 0.6 is 0 Å². The molecule has 0 saturated carbocycles. The van der Waals surface area contributed by atoms with Gasteiger partial charge in [-0.3, -0.25) is 9.59 Å². The maximum Gasteiger partial charge on any atom is 0.248 e. The van der Waals surface area contributed by atoms with Crippen molar-refractivity contribution in [1.82, 2.24) is 4.90 Å². The average Bonchev–Trinajstić information content (AvgIpc) is 2.52. The number of amides is 2. The van der Waals surface area contributed by atoms with E-state index >= 15 is 0 Å². The topological polar surface area (TPSA) is 92.7 Å². The Bertz CT molecular complexity index is 515. The van der Waals surface area contributed by atoms with Gasteiger partial charge >= 0.3 is 0 Å². The number of hydrogen-bond acceptors (Lipinski definition) is 4. The largest absolute Gasteiger partial charge is 0.397 e. The van der Waals surface area contributed by atoms with Gasteiger partial charge in [0, 0.05) is 25.7 Å². The Labute approximate surface area is 112 Å². The summed E-state index contributed by atoms with van der Waals surface area (Å²) in [6.45, 7) is 1.72. The lowest BCUT2D eigenvalue weighted by atomic mass is 10.1. The standard InChI is InChI=1S/C13H18N4O2/c1-16-5-2-6-17(8-12(16)18)11-7-9(13(15)19)3-4-10(11)14/h3-4,7H,2,5-6,8,14H2,1H3,(H2,15,19). The molecule has 1 aliphatic rings. The molecular formula is C13H18N4O2. The van der Waals surface area contributed by atoms with Gasteiger partial charge in [-0.15, -0.1) is 0 Å². The highest BCUT2D eigenvalue weighted by Crippen LogP contribution is 2.25. The minimum Gasteiger partial charge on any atom is -0.397 e. The second kappa shape index (κ2) is 5.17. The molecule has 1 heterocycles. The first-order valence-corrected chi connectivity index (χ1v) is 6.17. The van der Waals surface area contributed by atoms with Gasteiger partial charge in [0.1, 0.15) is 0 Å². The molecule has 1 fully saturated rings. The second-order valence-electron chi connectivity index (χ2n) is 4.73. The fourth-order valence-corrected chi connectivity index (χ4v) is 2.16. The van der Waals surface area contributed by atoms with Crippen LogP contribution in [0, 0.1) is 0 Å². The van der Waals surface area contributed by atoms with E-state index in [1.54, 1.807) is 30.1 Å². The molecule has 1 saturated heterocycles. The lowest BCUT2D eigenvalue weighted by Crippen LogP contribution is -2.34. The summed E-state index contributed by atoms with van der Waals surface area (Å²) in [6, 6.07) is 4.89. The van der Waals surface area contributed by atoms with E-state index in [4.69, 9.17) is 11.5 Å². The first kappa shape index (κ1) is 13.2. The number of carbonyl (C=O) groups is 2. The molecule has 102 valence electrons. The van der Waals surface area contributed by atoms with Crippen molar-refractivity contribution < 1.29 is 9.59 Å². The molecule has 0 radical (unpaired) electrons. The second-order valence-corrected chi connectivity index (χ2v) is 4.73. The highest BCUT2D eigenvalue weighted by Gasteiger charge is 2.21. The van der Waals surface area contributed by atoms with Crippen molar-refractivity contribution in [2.24, 2.45) is 5.73 Å². The van der Waals surface area contributed by atoms with Crippen LogP contribution in [-0.2, 0) is 4.79 Å². The molecule has 6 heteroatoms. The van der Waals surface area contributed by atoms with Crippen molar-refractivity contribution in [3.63, 3.8) is 0 Å². The van der Waals surface area contributed by atoms with E-state index in [2.05, 4.69) is 0 Å². The fourth-order valence-electron chi connectivity index (χ4n) is 2.16. The quantitative estimate of drug-likeness (QED) is 0.736. The summed E-state index contributed by atoms with van der Waals surface area (Å²) in [7, 11) is 1.79. The summed E-state index contributed by atoms with van der Waals surface area (Å²) in [5.41, 5.74) is 12.8.